The first-order valence-corrected chi connectivity index (χ1v) is 9.60. The molecule has 1 unspecified atom stereocenters. The summed E-state index contributed by atoms with van der Waals surface area (Å²) in [6, 6.07) is 2.62. The highest BCUT2D eigenvalue weighted by Gasteiger charge is 2.31. The standard InChI is InChI=1S/C18H22BrN5O3/c1-12(2)15(22-16(25)14-4-3-9-27-14)17(26)23-5-7-24(8-6-23)18-20-10-13(19)11-21-18/h3-4,9-12,15H,5-8H2,1-2H3,(H,22,25). The van der Waals surface area contributed by atoms with E-state index in [1.807, 2.05) is 18.7 Å². The first-order chi connectivity index (χ1) is 13.0. The highest BCUT2D eigenvalue weighted by Crippen LogP contribution is 2.15. The summed E-state index contributed by atoms with van der Waals surface area (Å²) in [5.74, 6) is 0.349. The molecule has 8 nitrogen and oxygen atoms in total. The zero-order chi connectivity index (χ0) is 19.4. The molecule has 3 heterocycles. The third kappa shape index (κ3) is 4.65. The number of aromatic nitrogens is 2. The zero-order valence-electron chi connectivity index (χ0n) is 15.3. The summed E-state index contributed by atoms with van der Waals surface area (Å²) in [5.41, 5.74) is 0. The highest BCUT2D eigenvalue weighted by atomic mass is 79.9. The maximum atomic E-state index is 13.0. The molecule has 0 aliphatic carbocycles. The molecule has 0 radical (unpaired) electrons. The first kappa shape index (κ1) is 19.3. The van der Waals surface area contributed by atoms with E-state index in [1.165, 1.54) is 6.26 Å². The van der Waals surface area contributed by atoms with Gasteiger partial charge in [0.25, 0.3) is 5.91 Å². The summed E-state index contributed by atoms with van der Waals surface area (Å²) in [6.07, 6.45) is 4.85. The lowest BCUT2D eigenvalue weighted by Crippen LogP contribution is -2.56. The average molecular weight is 436 g/mol. The Morgan fingerprint density at radius 2 is 1.85 bits per heavy atom. The number of hydrogen-bond donors (Lipinski definition) is 1. The van der Waals surface area contributed by atoms with Crippen molar-refractivity contribution in [1.82, 2.24) is 20.2 Å². The number of amides is 2. The molecule has 0 bridgehead atoms. The minimum Gasteiger partial charge on any atom is -0.459 e. The van der Waals surface area contributed by atoms with Gasteiger partial charge < -0.3 is 19.5 Å². The van der Waals surface area contributed by atoms with Gasteiger partial charge in [-0.05, 0) is 34.0 Å². The van der Waals surface area contributed by atoms with Gasteiger partial charge >= 0.3 is 0 Å². The normalized spacial score (nSPS) is 15.7. The van der Waals surface area contributed by atoms with E-state index in [1.54, 1.807) is 29.4 Å². The van der Waals surface area contributed by atoms with Crippen molar-refractivity contribution in [2.45, 2.75) is 19.9 Å². The van der Waals surface area contributed by atoms with Crippen LogP contribution in [0.3, 0.4) is 0 Å². The van der Waals surface area contributed by atoms with E-state index >= 15 is 0 Å². The predicted octanol–water partition coefficient (Wildman–Crippen LogP) is 1.94. The lowest BCUT2D eigenvalue weighted by molar-refractivity contribution is -0.134. The average Bonchev–Trinajstić information content (AvgIpc) is 3.21. The van der Waals surface area contributed by atoms with Crippen molar-refractivity contribution in [3.63, 3.8) is 0 Å². The molecule has 3 rings (SSSR count). The molecule has 144 valence electrons. The van der Waals surface area contributed by atoms with Gasteiger partial charge in [0.1, 0.15) is 6.04 Å². The van der Waals surface area contributed by atoms with Crippen molar-refractivity contribution in [3.8, 4) is 0 Å². The largest absolute Gasteiger partial charge is 0.459 e. The number of nitrogens with zero attached hydrogens (tertiary/aromatic N) is 4. The van der Waals surface area contributed by atoms with Gasteiger partial charge in [-0.1, -0.05) is 13.8 Å². The van der Waals surface area contributed by atoms with Gasteiger partial charge in [-0.15, -0.1) is 0 Å². The molecule has 0 spiro atoms. The van der Waals surface area contributed by atoms with E-state index in [0.717, 1.165) is 4.47 Å². The van der Waals surface area contributed by atoms with Crippen LogP contribution in [0, 0.1) is 5.92 Å². The van der Waals surface area contributed by atoms with Crippen LogP contribution in [-0.2, 0) is 4.79 Å². The number of hydrogen-bond acceptors (Lipinski definition) is 6. The lowest BCUT2D eigenvalue weighted by atomic mass is 10.0. The second-order valence-corrected chi connectivity index (χ2v) is 7.60. The summed E-state index contributed by atoms with van der Waals surface area (Å²) in [7, 11) is 0. The van der Waals surface area contributed by atoms with Crippen LogP contribution >= 0.6 is 15.9 Å². The molecule has 1 atom stereocenters. The Balaban J connectivity index is 1.60. The maximum absolute atomic E-state index is 13.0. The molecule has 9 heteroatoms. The van der Waals surface area contributed by atoms with E-state index in [-0.39, 0.29) is 23.5 Å². The fourth-order valence-corrected chi connectivity index (χ4v) is 3.13. The van der Waals surface area contributed by atoms with E-state index in [0.29, 0.717) is 32.1 Å². The maximum Gasteiger partial charge on any atom is 0.287 e. The molecule has 1 saturated heterocycles. The fourth-order valence-electron chi connectivity index (χ4n) is 2.93. The molecule has 2 aromatic heterocycles. The smallest absolute Gasteiger partial charge is 0.287 e. The minimum atomic E-state index is -0.599. The number of carbonyl (C=O) groups is 2. The lowest BCUT2D eigenvalue weighted by Gasteiger charge is -2.37. The van der Waals surface area contributed by atoms with Crippen LogP contribution < -0.4 is 10.2 Å². The van der Waals surface area contributed by atoms with E-state index < -0.39 is 6.04 Å². The van der Waals surface area contributed by atoms with Crippen molar-refractivity contribution in [2.75, 3.05) is 31.1 Å². The van der Waals surface area contributed by atoms with Crippen LogP contribution in [0.15, 0.2) is 39.7 Å². The topological polar surface area (TPSA) is 91.6 Å². The van der Waals surface area contributed by atoms with Gasteiger partial charge in [-0.25, -0.2) is 9.97 Å². The third-order valence-electron chi connectivity index (χ3n) is 4.45. The number of piperazine rings is 1. The van der Waals surface area contributed by atoms with Crippen LogP contribution in [0.25, 0.3) is 0 Å². The number of furan rings is 1. The van der Waals surface area contributed by atoms with Gasteiger partial charge in [-0.3, -0.25) is 9.59 Å². The Labute approximate surface area is 166 Å². The van der Waals surface area contributed by atoms with Gasteiger partial charge in [0.15, 0.2) is 5.76 Å². The van der Waals surface area contributed by atoms with Crippen molar-refractivity contribution >= 4 is 33.7 Å². The van der Waals surface area contributed by atoms with Crippen molar-refractivity contribution in [3.05, 3.63) is 41.0 Å². The quantitative estimate of drug-likeness (QED) is 0.771. The summed E-state index contributed by atoms with van der Waals surface area (Å²) in [4.78, 5) is 37.6. The molecular weight excluding hydrogens is 414 g/mol. The number of carbonyl (C=O) groups excluding carboxylic acids is 2. The molecule has 2 aromatic rings. The molecule has 0 aromatic carbocycles. The molecule has 2 amide bonds. The molecule has 0 saturated carbocycles. The number of anilines is 1. The second kappa shape index (κ2) is 8.51. The van der Waals surface area contributed by atoms with E-state index in [9.17, 15) is 9.59 Å². The fraction of sp³-hybridized carbons (Fsp3) is 0.444. The monoisotopic (exact) mass is 435 g/mol. The molecular formula is C18H22BrN5O3. The Morgan fingerprint density at radius 1 is 1.19 bits per heavy atom. The predicted molar refractivity (Wildman–Crippen MR) is 103 cm³/mol. The van der Waals surface area contributed by atoms with E-state index in [2.05, 4.69) is 31.2 Å². The number of halogens is 1. The SMILES string of the molecule is CC(C)C(NC(=O)c1ccco1)C(=O)N1CCN(c2ncc(Br)cn2)CC1. The van der Waals surface area contributed by atoms with Gasteiger partial charge in [-0.2, -0.15) is 0 Å². The molecule has 1 aliphatic rings. The van der Waals surface area contributed by atoms with Crippen molar-refractivity contribution < 1.29 is 14.0 Å². The highest BCUT2D eigenvalue weighted by molar-refractivity contribution is 9.10. The number of rotatable bonds is 5. The number of nitrogens with one attached hydrogen (secondary N) is 1. The zero-order valence-corrected chi connectivity index (χ0v) is 16.8. The molecule has 1 fully saturated rings. The summed E-state index contributed by atoms with van der Waals surface area (Å²) >= 11 is 3.32. The molecule has 27 heavy (non-hydrogen) atoms. The van der Waals surface area contributed by atoms with Crippen LogP contribution in [0.5, 0.6) is 0 Å². The van der Waals surface area contributed by atoms with Gasteiger partial charge in [0.05, 0.1) is 10.7 Å². The van der Waals surface area contributed by atoms with Crippen LogP contribution in [0.2, 0.25) is 0 Å². The first-order valence-electron chi connectivity index (χ1n) is 8.81. The Hall–Kier alpha value is -2.42. The summed E-state index contributed by atoms with van der Waals surface area (Å²) in [6.45, 7) is 6.22. The Bertz CT molecular complexity index is 771. The van der Waals surface area contributed by atoms with Crippen LogP contribution in [0.1, 0.15) is 24.4 Å². The molecule has 1 N–H and O–H groups in total. The van der Waals surface area contributed by atoms with Gasteiger partial charge in [0.2, 0.25) is 11.9 Å². The Kier molecular flexibility index (Phi) is 6.10. The summed E-state index contributed by atoms with van der Waals surface area (Å²) < 4.78 is 5.94. The van der Waals surface area contributed by atoms with Gasteiger partial charge in [0, 0.05) is 38.6 Å². The van der Waals surface area contributed by atoms with Crippen LogP contribution in [0.4, 0.5) is 5.95 Å². The second-order valence-electron chi connectivity index (χ2n) is 6.69. The van der Waals surface area contributed by atoms with Crippen molar-refractivity contribution in [1.29, 1.82) is 0 Å². The van der Waals surface area contributed by atoms with Crippen molar-refractivity contribution in [2.24, 2.45) is 5.92 Å². The Morgan fingerprint density at radius 3 is 2.41 bits per heavy atom. The molecule has 1 aliphatic heterocycles. The van der Waals surface area contributed by atoms with Crippen LogP contribution in [-0.4, -0.2) is 58.9 Å². The third-order valence-corrected chi connectivity index (χ3v) is 4.85. The summed E-state index contributed by atoms with van der Waals surface area (Å²) in [5, 5.41) is 2.80. The minimum absolute atomic E-state index is 0.0377. The van der Waals surface area contributed by atoms with E-state index in [4.69, 9.17) is 4.42 Å².